The van der Waals surface area contributed by atoms with Crippen molar-refractivity contribution in [1.82, 2.24) is 0 Å². The summed E-state index contributed by atoms with van der Waals surface area (Å²) < 4.78 is 0. The van der Waals surface area contributed by atoms with Crippen LogP contribution in [0.3, 0.4) is 0 Å². The lowest BCUT2D eigenvalue weighted by Gasteiger charge is -1.90. The Balaban J connectivity index is -0.0000000120. The number of halogens is 6. The SMILES string of the molecule is CCCCCCN.Cl.Cl.Cl.Cl.Cl.Cl. The summed E-state index contributed by atoms with van der Waals surface area (Å²) in [6, 6.07) is 0. The van der Waals surface area contributed by atoms with Crippen LogP contribution in [0.5, 0.6) is 0 Å². The fourth-order valence-electron chi connectivity index (χ4n) is 0.571. The fraction of sp³-hybridized carbons (Fsp3) is 1.00. The zero-order valence-electron chi connectivity index (χ0n) is 7.56. The topological polar surface area (TPSA) is 26.0 Å². The van der Waals surface area contributed by atoms with Crippen LogP contribution in [-0.4, -0.2) is 6.54 Å². The highest BCUT2D eigenvalue weighted by molar-refractivity contribution is 5.86. The van der Waals surface area contributed by atoms with Gasteiger partial charge in [-0.2, -0.15) is 0 Å². The molecule has 0 heterocycles. The second-order valence-electron chi connectivity index (χ2n) is 1.85. The van der Waals surface area contributed by atoms with Crippen LogP contribution in [0.2, 0.25) is 0 Å². The second kappa shape index (κ2) is 49.2. The van der Waals surface area contributed by atoms with Crippen molar-refractivity contribution in [2.24, 2.45) is 5.73 Å². The Morgan fingerprint density at radius 3 is 1.31 bits per heavy atom. The first-order valence-electron chi connectivity index (χ1n) is 3.12. The Labute approximate surface area is 119 Å². The summed E-state index contributed by atoms with van der Waals surface area (Å²) in [4.78, 5) is 0. The van der Waals surface area contributed by atoms with Gasteiger partial charge in [0.05, 0.1) is 0 Å². The first-order chi connectivity index (χ1) is 3.41. The minimum Gasteiger partial charge on any atom is -0.330 e. The van der Waals surface area contributed by atoms with Crippen LogP contribution >= 0.6 is 74.4 Å². The molecule has 0 aliphatic carbocycles. The van der Waals surface area contributed by atoms with Crippen molar-refractivity contribution in [3.05, 3.63) is 0 Å². The molecule has 0 saturated heterocycles. The quantitative estimate of drug-likeness (QED) is 0.777. The average molecular weight is 320 g/mol. The molecular formula is C6H21Cl6N. The van der Waals surface area contributed by atoms with Crippen LogP contribution in [0.1, 0.15) is 32.6 Å². The Morgan fingerprint density at radius 1 is 0.692 bits per heavy atom. The van der Waals surface area contributed by atoms with Gasteiger partial charge in [-0.1, -0.05) is 26.2 Å². The smallest absolute Gasteiger partial charge is 0.00773 e. The molecule has 0 aromatic carbocycles. The summed E-state index contributed by atoms with van der Waals surface area (Å²) >= 11 is 0. The molecule has 0 aliphatic heterocycles. The van der Waals surface area contributed by atoms with E-state index < -0.39 is 0 Å². The molecule has 0 bridgehead atoms. The van der Waals surface area contributed by atoms with Crippen LogP contribution < -0.4 is 5.73 Å². The Hall–Kier alpha value is 1.70. The van der Waals surface area contributed by atoms with Crippen molar-refractivity contribution in [2.75, 3.05) is 6.54 Å². The molecule has 13 heavy (non-hydrogen) atoms. The van der Waals surface area contributed by atoms with Gasteiger partial charge >= 0.3 is 0 Å². The van der Waals surface area contributed by atoms with E-state index in [1.54, 1.807) is 0 Å². The third kappa shape index (κ3) is 57.7. The maximum atomic E-state index is 5.27. The summed E-state index contributed by atoms with van der Waals surface area (Å²) in [6.07, 6.45) is 5.16. The monoisotopic (exact) mass is 317 g/mol. The third-order valence-electron chi connectivity index (χ3n) is 1.06. The van der Waals surface area contributed by atoms with E-state index in [0.29, 0.717) is 0 Å². The largest absolute Gasteiger partial charge is 0.330 e. The van der Waals surface area contributed by atoms with Gasteiger partial charge in [0.2, 0.25) is 0 Å². The molecule has 0 aromatic rings. The Kier molecular flexibility index (Phi) is 176. The predicted octanol–water partition coefficient (Wildman–Crippen LogP) is 4.06. The van der Waals surface area contributed by atoms with Gasteiger partial charge in [0.15, 0.2) is 0 Å². The van der Waals surface area contributed by atoms with Crippen molar-refractivity contribution in [2.45, 2.75) is 32.6 Å². The van der Waals surface area contributed by atoms with E-state index in [0.717, 1.165) is 6.54 Å². The van der Waals surface area contributed by atoms with Crippen molar-refractivity contribution in [1.29, 1.82) is 0 Å². The molecular weight excluding hydrogens is 299 g/mol. The highest BCUT2D eigenvalue weighted by Crippen LogP contribution is 1.95. The molecule has 7 heteroatoms. The van der Waals surface area contributed by atoms with E-state index in [1.807, 2.05) is 0 Å². The molecule has 0 spiro atoms. The van der Waals surface area contributed by atoms with Crippen LogP contribution in [0, 0.1) is 0 Å². The molecule has 0 radical (unpaired) electrons. The van der Waals surface area contributed by atoms with E-state index in [9.17, 15) is 0 Å². The molecule has 0 unspecified atom stereocenters. The van der Waals surface area contributed by atoms with Crippen molar-refractivity contribution >= 4 is 74.4 Å². The van der Waals surface area contributed by atoms with Crippen LogP contribution in [0.25, 0.3) is 0 Å². The molecule has 0 amide bonds. The first kappa shape index (κ1) is 46.5. The molecule has 1 nitrogen and oxygen atoms in total. The third-order valence-corrected chi connectivity index (χ3v) is 1.06. The number of hydrogen-bond acceptors (Lipinski definition) is 1. The average Bonchev–Trinajstić information content (AvgIpc) is 1.69. The zero-order chi connectivity index (χ0) is 5.54. The van der Waals surface area contributed by atoms with Gasteiger partial charge in [0.1, 0.15) is 0 Å². The molecule has 0 atom stereocenters. The van der Waals surface area contributed by atoms with Gasteiger partial charge in [-0.15, -0.1) is 74.4 Å². The van der Waals surface area contributed by atoms with E-state index in [-0.39, 0.29) is 74.4 Å². The molecule has 0 aliphatic rings. The highest BCUT2D eigenvalue weighted by Gasteiger charge is 1.80. The molecule has 0 saturated carbocycles. The summed E-state index contributed by atoms with van der Waals surface area (Å²) in [6.45, 7) is 3.07. The van der Waals surface area contributed by atoms with Gasteiger partial charge in [-0.05, 0) is 13.0 Å². The number of unbranched alkanes of at least 4 members (excludes halogenated alkanes) is 3. The molecule has 2 N–H and O–H groups in total. The lowest BCUT2D eigenvalue weighted by Crippen LogP contribution is -1.97. The molecule has 0 fully saturated rings. The van der Waals surface area contributed by atoms with Gasteiger partial charge in [-0.3, -0.25) is 0 Å². The van der Waals surface area contributed by atoms with Crippen LogP contribution in [-0.2, 0) is 0 Å². The lowest BCUT2D eigenvalue weighted by atomic mass is 10.2. The summed E-state index contributed by atoms with van der Waals surface area (Å²) in [5, 5.41) is 0. The Morgan fingerprint density at radius 2 is 1.08 bits per heavy atom. The zero-order valence-corrected chi connectivity index (χ0v) is 12.5. The van der Waals surface area contributed by atoms with E-state index in [1.165, 1.54) is 25.7 Å². The summed E-state index contributed by atoms with van der Waals surface area (Å²) in [5.74, 6) is 0. The highest BCUT2D eigenvalue weighted by atomic mass is 35.5. The van der Waals surface area contributed by atoms with Crippen LogP contribution in [0.4, 0.5) is 0 Å². The predicted molar refractivity (Wildman–Crippen MR) is 76.7 cm³/mol. The molecule has 0 aromatic heterocycles. The van der Waals surface area contributed by atoms with Gasteiger partial charge in [0.25, 0.3) is 0 Å². The summed E-state index contributed by atoms with van der Waals surface area (Å²) in [7, 11) is 0. The van der Waals surface area contributed by atoms with Crippen molar-refractivity contribution in [3.8, 4) is 0 Å². The molecule has 0 rings (SSSR count). The molecule has 92 valence electrons. The minimum absolute atomic E-state index is 0. The standard InChI is InChI=1S/C6H15N.6ClH/c1-2-3-4-5-6-7;;;;;;/h2-7H2,1H3;6*1H. The first-order valence-corrected chi connectivity index (χ1v) is 3.12. The number of rotatable bonds is 4. The Bertz CT molecular complexity index is 36.3. The lowest BCUT2D eigenvalue weighted by molar-refractivity contribution is 0.674. The van der Waals surface area contributed by atoms with Gasteiger partial charge < -0.3 is 5.73 Å². The van der Waals surface area contributed by atoms with Crippen molar-refractivity contribution in [3.63, 3.8) is 0 Å². The maximum Gasteiger partial charge on any atom is -0.00773 e. The number of hydrogen-bond donors (Lipinski definition) is 1. The van der Waals surface area contributed by atoms with Crippen molar-refractivity contribution < 1.29 is 0 Å². The van der Waals surface area contributed by atoms with Crippen LogP contribution in [0.15, 0.2) is 0 Å². The van der Waals surface area contributed by atoms with E-state index in [4.69, 9.17) is 5.73 Å². The van der Waals surface area contributed by atoms with Gasteiger partial charge in [-0.25, -0.2) is 0 Å². The van der Waals surface area contributed by atoms with E-state index >= 15 is 0 Å². The van der Waals surface area contributed by atoms with E-state index in [2.05, 4.69) is 6.92 Å². The normalized spacial score (nSPS) is 5.08. The fourth-order valence-corrected chi connectivity index (χ4v) is 0.571. The number of nitrogens with two attached hydrogens (primary N) is 1. The van der Waals surface area contributed by atoms with Gasteiger partial charge in [0, 0.05) is 0 Å². The minimum atomic E-state index is 0. The second-order valence-corrected chi connectivity index (χ2v) is 1.85. The summed E-state index contributed by atoms with van der Waals surface area (Å²) in [5.41, 5.74) is 5.27. The maximum absolute atomic E-state index is 5.27.